The topological polar surface area (TPSA) is 72.2 Å². The molecule has 0 atom stereocenters. The van der Waals surface area contributed by atoms with Crippen molar-refractivity contribution in [1.82, 2.24) is 4.72 Å². The third-order valence-electron chi connectivity index (χ3n) is 2.81. The zero-order valence-electron chi connectivity index (χ0n) is 11.1. The van der Waals surface area contributed by atoms with E-state index < -0.39 is 10.0 Å². The standard InChI is InChI=1S/C13H22N2O2S/c1-3-4-5-6-9-15-18(16,17)13-8-7-12(14)10-11(13)2/h7-8,10,15H,3-6,9,14H2,1-2H3. The van der Waals surface area contributed by atoms with Gasteiger partial charge in [-0.2, -0.15) is 0 Å². The first kappa shape index (κ1) is 15.0. The predicted molar refractivity (Wildman–Crippen MR) is 74.9 cm³/mol. The van der Waals surface area contributed by atoms with Gasteiger partial charge in [0.25, 0.3) is 0 Å². The molecule has 1 rings (SSSR count). The summed E-state index contributed by atoms with van der Waals surface area (Å²) in [4.78, 5) is 0.312. The monoisotopic (exact) mass is 270 g/mol. The molecule has 0 fully saturated rings. The van der Waals surface area contributed by atoms with Gasteiger partial charge < -0.3 is 5.73 Å². The Hall–Kier alpha value is -1.07. The normalized spacial score (nSPS) is 11.7. The van der Waals surface area contributed by atoms with Gasteiger partial charge in [0.15, 0.2) is 0 Å². The lowest BCUT2D eigenvalue weighted by Gasteiger charge is -2.09. The maximum atomic E-state index is 12.0. The first-order valence-electron chi connectivity index (χ1n) is 6.33. The Labute approximate surface area is 110 Å². The molecule has 0 aromatic heterocycles. The van der Waals surface area contributed by atoms with E-state index in [2.05, 4.69) is 11.6 Å². The van der Waals surface area contributed by atoms with Crippen molar-refractivity contribution < 1.29 is 8.42 Å². The summed E-state index contributed by atoms with van der Waals surface area (Å²) in [6.07, 6.45) is 4.22. The van der Waals surface area contributed by atoms with Crippen LogP contribution in [0.25, 0.3) is 0 Å². The third kappa shape index (κ3) is 4.31. The number of nitrogen functional groups attached to an aromatic ring is 1. The van der Waals surface area contributed by atoms with Crippen LogP contribution in [-0.4, -0.2) is 15.0 Å². The molecule has 0 aliphatic heterocycles. The van der Waals surface area contributed by atoms with Crippen LogP contribution in [0.5, 0.6) is 0 Å². The molecule has 0 bridgehead atoms. The molecule has 1 aromatic rings. The van der Waals surface area contributed by atoms with Gasteiger partial charge in [-0.1, -0.05) is 26.2 Å². The minimum Gasteiger partial charge on any atom is -0.399 e. The Kier molecular flexibility index (Phi) is 5.62. The highest BCUT2D eigenvalue weighted by Crippen LogP contribution is 2.17. The second-order valence-electron chi connectivity index (χ2n) is 4.48. The number of sulfonamides is 1. The maximum absolute atomic E-state index is 12.0. The summed E-state index contributed by atoms with van der Waals surface area (Å²) in [6, 6.07) is 4.84. The van der Waals surface area contributed by atoms with Crippen LogP contribution in [0, 0.1) is 6.92 Å². The fourth-order valence-electron chi connectivity index (χ4n) is 1.81. The highest BCUT2D eigenvalue weighted by molar-refractivity contribution is 7.89. The van der Waals surface area contributed by atoms with E-state index in [9.17, 15) is 8.42 Å². The van der Waals surface area contributed by atoms with E-state index in [1.807, 2.05) is 0 Å². The van der Waals surface area contributed by atoms with Gasteiger partial charge >= 0.3 is 0 Å². The van der Waals surface area contributed by atoms with Crippen LogP contribution in [0.15, 0.2) is 23.1 Å². The van der Waals surface area contributed by atoms with E-state index in [0.29, 0.717) is 22.7 Å². The largest absolute Gasteiger partial charge is 0.399 e. The smallest absolute Gasteiger partial charge is 0.240 e. The Morgan fingerprint density at radius 3 is 2.56 bits per heavy atom. The van der Waals surface area contributed by atoms with Crippen LogP contribution in [0.2, 0.25) is 0 Å². The average molecular weight is 270 g/mol. The highest BCUT2D eigenvalue weighted by atomic mass is 32.2. The van der Waals surface area contributed by atoms with Gasteiger partial charge in [-0.3, -0.25) is 0 Å². The predicted octanol–water partition coefficient (Wildman–Crippen LogP) is 2.44. The van der Waals surface area contributed by atoms with Crippen LogP contribution in [0.4, 0.5) is 5.69 Å². The van der Waals surface area contributed by atoms with Gasteiger partial charge in [-0.05, 0) is 37.1 Å². The van der Waals surface area contributed by atoms with Crippen molar-refractivity contribution in [1.29, 1.82) is 0 Å². The zero-order valence-corrected chi connectivity index (χ0v) is 11.9. The quantitative estimate of drug-likeness (QED) is 0.590. The van der Waals surface area contributed by atoms with E-state index in [1.165, 1.54) is 0 Å². The molecule has 5 heteroatoms. The number of benzene rings is 1. The van der Waals surface area contributed by atoms with Crippen molar-refractivity contribution in [2.45, 2.75) is 44.4 Å². The number of hydrogen-bond acceptors (Lipinski definition) is 3. The van der Waals surface area contributed by atoms with Crippen molar-refractivity contribution >= 4 is 15.7 Å². The van der Waals surface area contributed by atoms with Crippen molar-refractivity contribution in [3.8, 4) is 0 Å². The number of nitrogens with two attached hydrogens (primary N) is 1. The van der Waals surface area contributed by atoms with Crippen LogP contribution in [0.1, 0.15) is 38.2 Å². The minimum absolute atomic E-state index is 0.312. The summed E-state index contributed by atoms with van der Waals surface area (Å²) in [6.45, 7) is 4.37. The van der Waals surface area contributed by atoms with Crippen molar-refractivity contribution in [3.63, 3.8) is 0 Å². The summed E-state index contributed by atoms with van der Waals surface area (Å²) >= 11 is 0. The summed E-state index contributed by atoms with van der Waals surface area (Å²) in [7, 11) is -3.40. The molecule has 3 N–H and O–H groups in total. The molecule has 0 unspecified atom stereocenters. The number of anilines is 1. The van der Waals surface area contributed by atoms with Crippen LogP contribution >= 0.6 is 0 Å². The Balaban J connectivity index is 2.63. The van der Waals surface area contributed by atoms with Crippen molar-refractivity contribution in [2.75, 3.05) is 12.3 Å². The van der Waals surface area contributed by atoms with Gasteiger partial charge in [0.1, 0.15) is 0 Å². The number of nitrogens with one attached hydrogen (secondary N) is 1. The van der Waals surface area contributed by atoms with Gasteiger partial charge in [-0.15, -0.1) is 0 Å². The fraction of sp³-hybridized carbons (Fsp3) is 0.538. The van der Waals surface area contributed by atoms with E-state index in [-0.39, 0.29) is 0 Å². The lowest BCUT2D eigenvalue weighted by molar-refractivity contribution is 0.573. The summed E-state index contributed by atoms with van der Waals surface area (Å²) in [5, 5.41) is 0. The van der Waals surface area contributed by atoms with Gasteiger partial charge in [0.05, 0.1) is 4.90 Å². The van der Waals surface area contributed by atoms with Crippen LogP contribution in [-0.2, 0) is 10.0 Å². The lowest BCUT2D eigenvalue weighted by atomic mass is 10.2. The molecule has 0 spiro atoms. The Morgan fingerprint density at radius 2 is 1.94 bits per heavy atom. The second-order valence-corrected chi connectivity index (χ2v) is 6.22. The van der Waals surface area contributed by atoms with E-state index in [4.69, 9.17) is 5.73 Å². The Morgan fingerprint density at radius 1 is 1.22 bits per heavy atom. The van der Waals surface area contributed by atoms with Gasteiger partial charge in [0.2, 0.25) is 10.0 Å². The molecule has 0 aliphatic rings. The van der Waals surface area contributed by atoms with Crippen LogP contribution < -0.4 is 10.5 Å². The third-order valence-corrected chi connectivity index (χ3v) is 4.43. The molecule has 18 heavy (non-hydrogen) atoms. The summed E-state index contributed by atoms with van der Waals surface area (Å²) < 4.78 is 26.7. The van der Waals surface area contributed by atoms with Gasteiger partial charge in [0, 0.05) is 12.2 Å². The second kappa shape index (κ2) is 6.75. The first-order chi connectivity index (χ1) is 8.47. The SMILES string of the molecule is CCCCCCNS(=O)(=O)c1ccc(N)cc1C. The first-order valence-corrected chi connectivity index (χ1v) is 7.81. The van der Waals surface area contributed by atoms with E-state index in [0.717, 1.165) is 25.7 Å². The molecule has 0 radical (unpaired) electrons. The molecular weight excluding hydrogens is 248 g/mol. The molecule has 102 valence electrons. The fourth-order valence-corrected chi connectivity index (χ4v) is 3.11. The molecule has 0 aliphatic carbocycles. The molecule has 0 saturated carbocycles. The maximum Gasteiger partial charge on any atom is 0.240 e. The average Bonchev–Trinajstić information content (AvgIpc) is 2.28. The van der Waals surface area contributed by atoms with E-state index in [1.54, 1.807) is 25.1 Å². The number of rotatable bonds is 7. The minimum atomic E-state index is -3.40. The number of hydrogen-bond donors (Lipinski definition) is 2. The molecule has 0 heterocycles. The summed E-state index contributed by atoms with van der Waals surface area (Å²) in [5.41, 5.74) is 6.87. The molecule has 1 aromatic carbocycles. The molecular formula is C13H22N2O2S. The number of aryl methyl sites for hydroxylation is 1. The number of unbranched alkanes of at least 4 members (excludes halogenated alkanes) is 3. The Bertz CT molecular complexity index is 484. The van der Waals surface area contributed by atoms with Crippen molar-refractivity contribution in [2.24, 2.45) is 0 Å². The van der Waals surface area contributed by atoms with Crippen LogP contribution in [0.3, 0.4) is 0 Å². The zero-order chi connectivity index (χ0) is 13.6. The van der Waals surface area contributed by atoms with Crippen molar-refractivity contribution in [3.05, 3.63) is 23.8 Å². The van der Waals surface area contributed by atoms with Gasteiger partial charge in [-0.25, -0.2) is 13.1 Å². The molecule has 4 nitrogen and oxygen atoms in total. The molecule has 0 amide bonds. The lowest BCUT2D eigenvalue weighted by Crippen LogP contribution is -2.25. The molecule has 0 saturated heterocycles. The summed E-state index contributed by atoms with van der Waals surface area (Å²) in [5.74, 6) is 0. The van der Waals surface area contributed by atoms with E-state index >= 15 is 0 Å². The highest BCUT2D eigenvalue weighted by Gasteiger charge is 2.15.